The van der Waals surface area contributed by atoms with Crippen molar-refractivity contribution < 1.29 is 5.11 Å². The van der Waals surface area contributed by atoms with Crippen molar-refractivity contribution in [2.75, 3.05) is 11.9 Å². The number of halogens is 1. The quantitative estimate of drug-likeness (QED) is 0.378. The molecule has 3 rings (SSSR count). The second-order valence-corrected chi connectivity index (χ2v) is 7.39. The molecular weight excluding hydrogens is 413 g/mol. The maximum Gasteiger partial charge on any atom is 0.193 e. The van der Waals surface area contributed by atoms with Gasteiger partial charge in [-0.15, -0.1) is 24.0 Å². The van der Waals surface area contributed by atoms with Crippen molar-refractivity contribution in [3.63, 3.8) is 0 Å². The monoisotopic (exact) mass is 443 g/mol. The van der Waals surface area contributed by atoms with Crippen LogP contribution in [0.4, 0.5) is 5.69 Å². The van der Waals surface area contributed by atoms with Gasteiger partial charge in [-0.3, -0.25) is 4.99 Å². The Kier molecular flexibility index (Phi) is 6.92. The highest BCUT2D eigenvalue weighted by Crippen LogP contribution is 2.36. The standard InChI is InChI=1S/C19H29N3O.HI/c1-19(12-5-4-11-17(19)23)13-21-18(20)22-16-10-6-8-14-7-2-3-9-15(14)16;/h6,8,10,17,23H,2-5,7,9,11-13H2,1H3,(H3,20,21,22);1H. The van der Waals surface area contributed by atoms with Gasteiger partial charge in [-0.25, -0.2) is 0 Å². The summed E-state index contributed by atoms with van der Waals surface area (Å²) < 4.78 is 0. The maximum atomic E-state index is 10.3. The molecule has 0 aromatic heterocycles. The zero-order valence-electron chi connectivity index (χ0n) is 14.6. The summed E-state index contributed by atoms with van der Waals surface area (Å²) in [6.07, 6.45) is 8.71. The molecule has 134 valence electrons. The number of aryl methyl sites for hydroxylation is 1. The molecule has 1 saturated carbocycles. The lowest BCUT2D eigenvalue weighted by atomic mass is 9.73. The zero-order valence-corrected chi connectivity index (χ0v) is 16.9. The topological polar surface area (TPSA) is 70.6 Å². The number of hydrogen-bond donors (Lipinski definition) is 3. The summed E-state index contributed by atoms with van der Waals surface area (Å²) in [6.45, 7) is 2.71. The number of nitrogens with zero attached hydrogens (tertiary/aromatic N) is 1. The van der Waals surface area contributed by atoms with Gasteiger partial charge in [-0.1, -0.05) is 31.9 Å². The van der Waals surface area contributed by atoms with Gasteiger partial charge in [0.2, 0.25) is 0 Å². The normalized spacial score (nSPS) is 27.1. The predicted octanol–water partition coefficient (Wildman–Crippen LogP) is 3.85. The maximum absolute atomic E-state index is 10.3. The fourth-order valence-electron chi connectivity index (χ4n) is 3.91. The molecule has 1 aromatic carbocycles. The molecule has 1 aromatic rings. The second-order valence-electron chi connectivity index (χ2n) is 7.39. The minimum Gasteiger partial charge on any atom is -0.392 e. The van der Waals surface area contributed by atoms with Crippen LogP contribution in [0.3, 0.4) is 0 Å². The molecule has 4 nitrogen and oxygen atoms in total. The summed E-state index contributed by atoms with van der Waals surface area (Å²) in [7, 11) is 0. The van der Waals surface area contributed by atoms with E-state index in [1.165, 1.54) is 30.4 Å². The Morgan fingerprint density at radius 1 is 1.29 bits per heavy atom. The first-order valence-electron chi connectivity index (χ1n) is 8.94. The number of aliphatic hydroxyl groups is 1. The summed E-state index contributed by atoms with van der Waals surface area (Å²) in [5.74, 6) is 0.461. The van der Waals surface area contributed by atoms with Crippen molar-refractivity contribution in [2.24, 2.45) is 16.1 Å². The fourth-order valence-corrected chi connectivity index (χ4v) is 3.91. The molecule has 0 bridgehead atoms. The number of aliphatic imine (C=N–C) groups is 1. The number of fused-ring (bicyclic) bond motifs is 1. The Balaban J connectivity index is 0.00000208. The highest BCUT2D eigenvalue weighted by molar-refractivity contribution is 14.0. The van der Waals surface area contributed by atoms with Crippen LogP contribution in [0.15, 0.2) is 23.2 Å². The van der Waals surface area contributed by atoms with Gasteiger partial charge < -0.3 is 16.2 Å². The Morgan fingerprint density at radius 2 is 2.08 bits per heavy atom. The van der Waals surface area contributed by atoms with E-state index in [4.69, 9.17) is 5.73 Å². The van der Waals surface area contributed by atoms with Crippen LogP contribution in [0.1, 0.15) is 56.6 Å². The molecule has 2 aliphatic carbocycles. The number of nitrogens with one attached hydrogen (secondary N) is 1. The minimum absolute atomic E-state index is 0. The molecule has 5 heteroatoms. The molecule has 2 unspecified atom stereocenters. The van der Waals surface area contributed by atoms with Crippen molar-refractivity contribution in [1.29, 1.82) is 0 Å². The molecule has 0 saturated heterocycles. The molecule has 0 spiro atoms. The Hall–Kier alpha value is -0.820. The molecule has 0 heterocycles. The number of aliphatic hydroxyl groups excluding tert-OH is 1. The number of hydrogen-bond acceptors (Lipinski definition) is 2. The largest absolute Gasteiger partial charge is 0.392 e. The van der Waals surface area contributed by atoms with E-state index in [2.05, 4.69) is 35.4 Å². The number of rotatable bonds is 3. The molecule has 0 aliphatic heterocycles. The third-order valence-corrected chi connectivity index (χ3v) is 5.55. The number of guanidine groups is 1. The second kappa shape index (κ2) is 8.52. The molecule has 2 aliphatic rings. The number of nitrogens with two attached hydrogens (primary N) is 1. The van der Waals surface area contributed by atoms with E-state index >= 15 is 0 Å². The smallest absolute Gasteiger partial charge is 0.193 e. The van der Waals surface area contributed by atoms with Crippen molar-refractivity contribution in [3.05, 3.63) is 29.3 Å². The lowest BCUT2D eigenvalue weighted by Crippen LogP contribution is -2.39. The van der Waals surface area contributed by atoms with E-state index in [9.17, 15) is 5.11 Å². The summed E-state index contributed by atoms with van der Waals surface area (Å²) in [6, 6.07) is 6.39. The van der Waals surface area contributed by atoms with E-state index in [-0.39, 0.29) is 35.5 Å². The van der Waals surface area contributed by atoms with E-state index in [0.717, 1.165) is 37.8 Å². The zero-order chi connectivity index (χ0) is 16.3. The Morgan fingerprint density at radius 3 is 2.88 bits per heavy atom. The van der Waals surface area contributed by atoms with Gasteiger partial charge in [0.1, 0.15) is 0 Å². The third kappa shape index (κ3) is 4.42. The van der Waals surface area contributed by atoms with Gasteiger partial charge in [0.15, 0.2) is 5.96 Å². The summed E-state index contributed by atoms with van der Waals surface area (Å²) in [5, 5.41) is 13.5. The van der Waals surface area contributed by atoms with Crippen LogP contribution >= 0.6 is 24.0 Å². The van der Waals surface area contributed by atoms with Crippen molar-refractivity contribution in [1.82, 2.24) is 0 Å². The lowest BCUT2D eigenvalue weighted by Gasteiger charge is -2.37. The van der Waals surface area contributed by atoms with Crippen molar-refractivity contribution in [3.8, 4) is 0 Å². The van der Waals surface area contributed by atoms with Gasteiger partial charge >= 0.3 is 0 Å². The Labute approximate surface area is 162 Å². The van der Waals surface area contributed by atoms with Crippen LogP contribution < -0.4 is 11.1 Å². The molecular formula is C19H30IN3O. The van der Waals surface area contributed by atoms with Crippen molar-refractivity contribution >= 4 is 35.6 Å². The summed E-state index contributed by atoms with van der Waals surface area (Å²) in [5.41, 5.74) is 9.90. The molecule has 1 fully saturated rings. The molecule has 4 N–H and O–H groups in total. The van der Waals surface area contributed by atoms with E-state index in [1.54, 1.807) is 0 Å². The van der Waals surface area contributed by atoms with Crippen LogP contribution in [0, 0.1) is 5.41 Å². The highest BCUT2D eigenvalue weighted by atomic mass is 127. The molecule has 0 radical (unpaired) electrons. The summed E-state index contributed by atoms with van der Waals surface area (Å²) >= 11 is 0. The first-order chi connectivity index (χ1) is 11.1. The highest BCUT2D eigenvalue weighted by Gasteiger charge is 2.35. The average Bonchev–Trinajstić information content (AvgIpc) is 2.56. The fraction of sp³-hybridized carbons (Fsp3) is 0.632. The number of benzene rings is 1. The SMILES string of the molecule is CC1(CN=C(N)Nc2cccc3c2CCCC3)CCCCC1O.I. The Bertz CT molecular complexity index is 590. The first-order valence-corrected chi connectivity index (χ1v) is 8.94. The summed E-state index contributed by atoms with van der Waals surface area (Å²) in [4.78, 5) is 4.54. The van der Waals surface area contributed by atoms with E-state index < -0.39 is 0 Å². The average molecular weight is 443 g/mol. The van der Waals surface area contributed by atoms with Crippen LogP contribution in [0.2, 0.25) is 0 Å². The van der Waals surface area contributed by atoms with Crippen LogP contribution in [0.5, 0.6) is 0 Å². The van der Waals surface area contributed by atoms with Gasteiger partial charge in [0.25, 0.3) is 0 Å². The molecule has 24 heavy (non-hydrogen) atoms. The third-order valence-electron chi connectivity index (χ3n) is 5.55. The van der Waals surface area contributed by atoms with Crippen LogP contribution in [0.25, 0.3) is 0 Å². The first kappa shape index (κ1) is 19.5. The van der Waals surface area contributed by atoms with Crippen molar-refractivity contribution in [2.45, 2.75) is 64.4 Å². The number of anilines is 1. The van der Waals surface area contributed by atoms with Gasteiger partial charge in [-0.2, -0.15) is 0 Å². The molecule has 0 amide bonds. The van der Waals surface area contributed by atoms with Crippen LogP contribution in [-0.2, 0) is 12.8 Å². The lowest BCUT2D eigenvalue weighted by molar-refractivity contribution is 0.00724. The van der Waals surface area contributed by atoms with Gasteiger partial charge in [0, 0.05) is 11.1 Å². The van der Waals surface area contributed by atoms with Gasteiger partial charge in [0.05, 0.1) is 12.6 Å². The van der Waals surface area contributed by atoms with E-state index in [0.29, 0.717) is 12.5 Å². The predicted molar refractivity (Wildman–Crippen MR) is 111 cm³/mol. The van der Waals surface area contributed by atoms with E-state index in [1.807, 2.05) is 0 Å². The minimum atomic E-state index is -0.266. The van der Waals surface area contributed by atoms with Gasteiger partial charge in [-0.05, 0) is 55.7 Å². The van der Waals surface area contributed by atoms with Crippen LogP contribution in [-0.4, -0.2) is 23.7 Å². The molecule has 2 atom stereocenters.